The summed E-state index contributed by atoms with van der Waals surface area (Å²) in [6.07, 6.45) is -0.764. The third-order valence-electron chi connectivity index (χ3n) is 10.6. The number of thiazole rings is 1. The minimum absolute atomic E-state index is 0.116. The van der Waals surface area contributed by atoms with Gasteiger partial charge < -0.3 is 25.2 Å². The number of rotatable bonds is 8. The molecule has 1 aromatic heterocycles. The molecule has 3 N–H and O–H groups in total. The van der Waals surface area contributed by atoms with E-state index in [4.69, 9.17) is 9.47 Å². The summed E-state index contributed by atoms with van der Waals surface area (Å²) < 4.78 is 13.1. The van der Waals surface area contributed by atoms with Crippen LogP contribution < -0.4 is 15.4 Å². The number of aromatic nitrogens is 1. The molecule has 10 nitrogen and oxygen atoms in total. The fraction of sp³-hybridized carbons (Fsp3) is 0.190. The van der Waals surface area contributed by atoms with Gasteiger partial charge in [0.25, 0.3) is 0 Å². The van der Waals surface area contributed by atoms with E-state index < -0.39 is 47.4 Å². The minimum Gasteiger partial charge on any atom is -0.491 e. The lowest BCUT2D eigenvalue weighted by Gasteiger charge is -2.46. The predicted molar refractivity (Wildman–Crippen MR) is 200 cm³/mol. The van der Waals surface area contributed by atoms with E-state index in [1.807, 2.05) is 126 Å². The standard InChI is InChI=1S/C42H34N4O6S/c47-23-24-51-28-21-19-27(20-22-28)37-42(29-15-7-8-16-30(29)43-40(42)50)33(38(48)45-41-44-31-17-9-10-18-32(31)53-41)35-39(49)52-36(26-13-5-2-6-14-26)34(46(35)37)25-11-3-1-4-12-25/h1-22,33-37,47H,23-24H2,(H,43,50)(H,44,45,48)/t33-,34-,35-,36+,37+,42-/m1/s1. The Morgan fingerprint density at radius 2 is 1.51 bits per heavy atom. The molecular weight excluding hydrogens is 689 g/mol. The lowest BCUT2D eigenvalue weighted by atomic mass is 9.65. The van der Waals surface area contributed by atoms with E-state index in [0.29, 0.717) is 27.7 Å². The van der Waals surface area contributed by atoms with Crippen LogP contribution in [0.1, 0.15) is 40.4 Å². The number of esters is 1. The second kappa shape index (κ2) is 13.3. The number of amides is 2. The quantitative estimate of drug-likeness (QED) is 0.150. The number of para-hydroxylation sites is 2. The van der Waals surface area contributed by atoms with E-state index in [2.05, 4.69) is 15.6 Å². The summed E-state index contributed by atoms with van der Waals surface area (Å²) in [6, 6.07) is 39.0. The van der Waals surface area contributed by atoms with Gasteiger partial charge in [-0.1, -0.05) is 114 Å². The Balaban J connectivity index is 1.30. The zero-order valence-electron chi connectivity index (χ0n) is 28.3. The van der Waals surface area contributed by atoms with Crippen LogP contribution in [0.15, 0.2) is 133 Å². The summed E-state index contributed by atoms with van der Waals surface area (Å²) in [7, 11) is 0. The Morgan fingerprint density at radius 1 is 0.830 bits per heavy atom. The molecule has 3 aliphatic heterocycles. The van der Waals surface area contributed by atoms with Gasteiger partial charge in [-0.15, -0.1) is 0 Å². The number of benzene rings is 5. The molecule has 53 heavy (non-hydrogen) atoms. The topological polar surface area (TPSA) is 130 Å². The molecule has 0 aliphatic carbocycles. The summed E-state index contributed by atoms with van der Waals surface area (Å²) in [5, 5.41) is 15.9. The number of morpholine rings is 1. The van der Waals surface area contributed by atoms with Crippen molar-refractivity contribution >= 4 is 50.2 Å². The van der Waals surface area contributed by atoms with E-state index in [1.54, 1.807) is 12.1 Å². The molecule has 1 spiro atoms. The highest BCUT2D eigenvalue weighted by Gasteiger charge is 2.74. The Bertz CT molecular complexity index is 2300. The SMILES string of the molecule is O=C1O[C@@H](c2ccccc2)[C@@H](c2ccccc2)N2[C@@H](c3ccc(OCCO)cc3)[C@]3(C(=O)Nc4ccccc43)[C@@H](C(=O)Nc3nc4ccccc4s3)[C@H]12. The van der Waals surface area contributed by atoms with Crippen molar-refractivity contribution in [1.82, 2.24) is 9.88 Å². The summed E-state index contributed by atoms with van der Waals surface area (Å²) in [5.74, 6) is -2.22. The zero-order valence-corrected chi connectivity index (χ0v) is 29.1. The number of carbonyl (C=O) groups is 3. The number of fused-ring (bicyclic) bond motifs is 4. The highest BCUT2D eigenvalue weighted by atomic mass is 32.1. The molecule has 9 rings (SSSR count). The average Bonchev–Trinajstić information content (AvgIpc) is 3.84. The Kier molecular flexibility index (Phi) is 8.26. The van der Waals surface area contributed by atoms with Crippen LogP contribution in [0, 0.1) is 5.92 Å². The Morgan fingerprint density at radius 3 is 2.25 bits per heavy atom. The summed E-state index contributed by atoms with van der Waals surface area (Å²) in [4.78, 5) is 51.8. The predicted octanol–water partition coefficient (Wildman–Crippen LogP) is 6.58. The van der Waals surface area contributed by atoms with Gasteiger partial charge in [-0.05, 0) is 52.6 Å². The molecule has 3 aliphatic rings. The maximum absolute atomic E-state index is 15.1. The maximum Gasteiger partial charge on any atom is 0.324 e. The van der Waals surface area contributed by atoms with Crippen LogP contribution in [-0.2, 0) is 24.5 Å². The molecule has 4 heterocycles. The van der Waals surface area contributed by atoms with Crippen molar-refractivity contribution in [2.45, 2.75) is 29.6 Å². The lowest BCUT2D eigenvalue weighted by molar-refractivity contribution is -0.177. The van der Waals surface area contributed by atoms with E-state index >= 15 is 9.59 Å². The van der Waals surface area contributed by atoms with Crippen LogP contribution in [0.3, 0.4) is 0 Å². The number of aliphatic hydroxyl groups excluding tert-OH is 1. The van der Waals surface area contributed by atoms with Crippen LogP contribution in [0.4, 0.5) is 10.8 Å². The highest BCUT2D eigenvalue weighted by Crippen LogP contribution is 2.64. The molecule has 2 amide bonds. The molecular formula is C42H34N4O6S. The summed E-state index contributed by atoms with van der Waals surface area (Å²) >= 11 is 1.33. The number of cyclic esters (lactones) is 1. The van der Waals surface area contributed by atoms with Gasteiger partial charge in [0.1, 0.15) is 29.9 Å². The number of nitrogens with one attached hydrogen (secondary N) is 2. The molecule has 0 saturated carbocycles. The van der Waals surface area contributed by atoms with E-state index in [1.165, 1.54) is 11.3 Å². The molecule has 0 radical (unpaired) electrons. The normalized spacial score (nSPS) is 24.7. The average molecular weight is 723 g/mol. The van der Waals surface area contributed by atoms with Crippen molar-refractivity contribution < 1.29 is 29.0 Å². The number of nitrogens with zero attached hydrogens (tertiary/aromatic N) is 2. The Labute approximate surface area is 309 Å². The minimum atomic E-state index is -1.59. The number of hydrogen-bond donors (Lipinski definition) is 3. The zero-order chi connectivity index (χ0) is 36.1. The molecule has 264 valence electrons. The van der Waals surface area contributed by atoms with Crippen molar-refractivity contribution in [3.8, 4) is 5.75 Å². The van der Waals surface area contributed by atoms with E-state index in [9.17, 15) is 9.90 Å². The first kappa shape index (κ1) is 33.0. The van der Waals surface area contributed by atoms with Gasteiger partial charge in [-0.3, -0.25) is 19.3 Å². The van der Waals surface area contributed by atoms with Gasteiger partial charge >= 0.3 is 5.97 Å². The monoisotopic (exact) mass is 722 g/mol. The van der Waals surface area contributed by atoms with Gasteiger partial charge in [0.15, 0.2) is 5.13 Å². The van der Waals surface area contributed by atoms with Gasteiger partial charge in [-0.25, -0.2) is 4.98 Å². The van der Waals surface area contributed by atoms with Crippen molar-refractivity contribution in [2.75, 3.05) is 23.8 Å². The van der Waals surface area contributed by atoms with E-state index in [-0.39, 0.29) is 19.1 Å². The first-order valence-corrected chi connectivity index (χ1v) is 18.3. The van der Waals surface area contributed by atoms with Crippen LogP contribution in [0.5, 0.6) is 5.75 Å². The summed E-state index contributed by atoms with van der Waals surface area (Å²) in [6.45, 7) is -0.0293. The van der Waals surface area contributed by atoms with Crippen molar-refractivity contribution in [3.63, 3.8) is 0 Å². The highest BCUT2D eigenvalue weighted by molar-refractivity contribution is 7.22. The second-order valence-corrected chi connectivity index (χ2v) is 14.4. The first-order chi connectivity index (χ1) is 26.0. The molecule has 0 unspecified atom stereocenters. The maximum atomic E-state index is 15.1. The molecule has 2 saturated heterocycles. The molecule has 0 bridgehead atoms. The molecule has 6 atom stereocenters. The summed E-state index contributed by atoms with van der Waals surface area (Å²) in [5.41, 5.74) is 2.68. The number of hydrogen-bond acceptors (Lipinski definition) is 9. The molecule has 11 heteroatoms. The third-order valence-corrected chi connectivity index (χ3v) is 11.5. The van der Waals surface area contributed by atoms with Crippen LogP contribution >= 0.6 is 11.3 Å². The number of anilines is 2. The number of ether oxygens (including phenoxy) is 2. The van der Waals surface area contributed by atoms with Gasteiger partial charge in [0, 0.05) is 5.69 Å². The van der Waals surface area contributed by atoms with Gasteiger partial charge in [-0.2, -0.15) is 0 Å². The van der Waals surface area contributed by atoms with E-state index in [0.717, 1.165) is 21.3 Å². The van der Waals surface area contributed by atoms with Gasteiger partial charge in [0.05, 0.1) is 34.8 Å². The number of aliphatic hydroxyl groups is 1. The van der Waals surface area contributed by atoms with Crippen LogP contribution in [0.25, 0.3) is 10.2 Å². The Hall–Kier alpha value is -5.88. The first-order valence-electron chi connectivity index (χ1n) is 17.5. The fourth-order valence-electron chi connectivity index (χ4n) is 8.57. The molecule has 2 fully saturated rings. The lowest BCUT2D eigenvalue weighted by Crippen LogP contribution is -2.53. The smallest absolute Gasteiger partial charge is 0.324 e. The second-order valence-electron chi connectivity index (χ2n) is 13.4. The molecule has 6 aromatic rings. The fourth-order valence-corrected chi connectivity index (χ4v) is 9.44. The van der Waals surface area contributed by atoms with Crippen LogP contribution in [0.2, 0.25) is 0 Å². The van der Waals surface area contributed by atoms with Crippen LogP contribution in [-0.4, -0.2) is 52.0 Å². The molecule has 5 aromatic carbocycles. The number of carbonyl (C=O) groups excluding carboxylic acids is 3. The largest absolute Gasteiger partial charge is 0.491 e. The van der Waals surface area contributed by atoms with Gasteiger partial charge in [0.2, 0.25) is 11.8 Å². The van der Waals surface area contributed by atoms with Crippen molar-refractivity contribution in [3.05, 3.63) is 156 Å². The van der Waals surface area contributed by atoms with Crippen molar-refractivity contribution in [1.29, 1.82) is 0 Å². The van der Waals surface area contributed by atoms with Crippen molar-refractivity contribution in [2.24, 2.45) is 5.92 Å². The third kappa shape index (κ3) is 5.30.